The van der Waals surface area contributed by atoms with E-state index < -0.39 is 97.5 Å². The van der Waals surface area contributed by atoms with E-state index in [0.717, 1.165) is 114 Å². The molecule has 95 heavy (non-hydrogen) atoms. The SMILES string of the molecule is CCC(C)CCCCCCCCCCCCCCCCCCCCC(=O)OC[C@H](COP(=O)(O)OC[C@@H](O)COP(=O)(O)OC[C@@H](COC(=O)CCCCCCCCC(C)CC)OC(=O)CCCCCCCCC(C)C)OC(=O)CCCCCCCCCCCCC(C)CC. The van der Waals surface area contributed by atoms with Crippen molar-refractivity contribution >= 4 is 39.5 Å². The summed E-state index contributed by atoms with van der Waals surface area (Å²) in [6.45, 7) is 14.1. The minimum Gasteiger partial charge on any atom is -0.462 e. The smallest absolute Gasteiger partial charge is 0.462 e. The Morgan fingerprint density at radius 3 is 0.747 bits per heavy atom. The lowest BCUT2D eigenvalue weighted by Crippen LogP contribution is -2.30. The molecule has 0 rings (SSSR count). The van der Waals surface area contributed by atoms with Gasteiger partial charge in [-0.05, 0) is 49.4 Å². The third-order valence-electron chi connectivity index (χ3n) is 18.7. The number of phosphoric acid groups is 2. The van der Waals surface area contributed by atoms with Crippen molar-refractivity contribution in [2.75, 3.05) is 39.6 Å². The van der Waals surface area contributed by atoms with E-state index in [0.29, 0.717) is 31.6 Å². The first kappa shape index (κ1) is 93.1. The molecule has 5 unspecified atom stereocenters. The number of carbonyl (C=O) groups is 4. The molecule has 0 saturated heterocycles. The number of esters is 4. The number of aliphatic hydroxyl groups excluding tert-OH is 1. The van der Waals surface area contributed by atoms with Gasteiger partial charge in [0.1, 0.15) is 19.3 Å². The van der Waals surface area contributed by atoms with Gasteiger partial charge in [-0.25, -0.2) is 9.13 Å². The summed E-state index contributed by atoms with van der Waals surface area (Å²) < 4.78 is 68.4. The normalized spacial score (nSPS) is 15.0. The maximum Gasteiger partial charge on any atom is 0.472 e. The predicted molar refractivity (Wildman–Crippen MR) is 386 cm³/mol. The van der Waals surface area contributed by atoms with Gasteiger partial charge in [0, 0.05) is 25.7 Å². The highest BCUT2D eigenvalue weighted by atomic mass is 31.2. The second-order valence-corrected chi connectivity index (χ2v) is 31.5. The molecule has 0 bridgehead atoms. The fourth-order valence-corrected chi connectivity index (χ4v) is 13.0. The third-order valence-corrected chi connectivity index (χ3v) is 20.6. The van der Waals surface area contributed by atoms with Crippen molar-refractivity contribution in [2.24, 2.45) is 23.7 Å². The summed E-state index contributed by atoms with van der Waals surface area (Å²) in [5.74, 6) is 0.949. The Morgan fingerprint density at radius 2 is 0.505 bits per heavy atom. The Labute approximate surface area is 581 Å². The first-order valence-corrected chi connectivity index (χ1v) is 42.3. The van der Waals surface area contributed by atoms with Gasteiger partial charge >= 0.3 is 39.5 Å². The van der Waals surface area contributed by atoms with E-state index in [1.165, 1.54) is 180 Å². The molecule has 0 aliphatic heterocycles. The Hall–Kier alpha value is -1.94. The predicted octanol–water partition coefficient (Wildman–Crippen LogP) is 22.0. The highest BCUT2D eigenvalue weighted by Gasteiger charge is 2.30. The van der Waals surface area contributed by atoms with Crippen LogP contribution in [0.5, 0.6) is 0 Å². The van der Waals surface area contributed by atoms with Crippen LogP contribution >= 0.6 is 15.6 Å². The van der Waals surface area contributed by atoms with Gasteiger partial charge in [0.05, 0.1) is 26.4 Å². The molecule has 0 amide bonds. The van der Waals surface area contributed by atoms with Crippen LogP contribution in [0.4, 0.5) is 0 Å². The Bertz CT molecular complexity index is 1870. The van der Waals surface area contributed by atoms with Gasteiger partial charge in [0.2, 0.25) is 0 Å². The van der Waals surface area contributed by atoms with Crippen molar-refractivity contribution in [1.82, 2.24) is 0 Å². The molecular formula is C76H148O17P2. The van der Waals surface area contributed by atoms with E-state index in [-0.39, 0.29) is 25.7 Å². The van der Waals surface area contributed by atoms with Gasteiger partial charge in [0.15, 0.2) is 12.2 Å². The highest BCUT2D eigenvalue weighted by molar-refractivity contribution is 7.47. The molecule has 0 aromatic rings. The van der Waals surface area contributed by atoms with Crippen molar-refractivity contribution in [2.45, 2.75) is 401 Å². The lowest BCUT2D eigenvalue weighted by molar-refractivity contribution is -0.161. The first-order valence-electron chi connectivity index (χ1n) is 39.3. The molecule has 0 saturated carbocycles. The average Bonchev–Trinajstić information content (AvgIpc) is 1.58. The average molecular weight is 1400 g/mol. The quantitative estimate of drug-likeness (QED) is 0.0222. The zero-order valence-corrected chi connectivity index (χ0v) is 64.1. The molecule has 0 radical (unpaired) electrons. The number of hydrogen-bond donors (Lipinski definition) is 3. The Balaban J connectivity index is 5.16. The molecule has 8 atom stereocenters. The molecule has 19 heteroatoms. The van der Waals surface area contributed by atoms with Crippen LogP contribution in [-0.2, 0) is 65.4 Å². The second-order valence-electron chi connectivity index (χ2n) is 28.6. The van der Waals surface area contributed by atoms with Crippen LogP contribution in [0.2, 0.25) is 0 Å². The summed E-state index contributed by atoms with van der Waals surface area (Å²) in [5, 5.41) is 10.6. The van der Waals surface area contributed by atoms with E-state index >= 15 is 0 Å². The fourth-order valence-electron chi connectivity index (χ4n) is 11.5. The van der Waals surface area contributed by atoms with Crippen molar-refractivity contribution in [3.05, 3.63) is 0 Å². The minimum absolute atomic E-state index is 0.101. The number of unbranched alkanes of at least 4 members (excludes halogenated alkanes) is 36. The number of phosphoric ester groups is 2. The summed E-state index contributed by atoms with van der Waals surface area (Å²) in [6.07, 6.45) is 50.2. The van der Waals surface area contributed by atoms with Crippen LogP contribution in [0.25, 0.3) is 0 Å². The molecule has 0 heterocycles. The first-order chi connectivity index (χ1) is 45.7. The van der Waals surface area contributed by atoms with E-state index in [1.807, 2.05) is 0 Å². The number of aliphatic hydroxyl groups is 1. The van der Waals surface area contributed by atoms with Gasteiger partial charge in [-0.15, -0.1) is 0 Å². The molecule has 0 spiro atoms. The summed E-state index contributed by atoms with van der Waals surface area (Å²) in [7, 11) is -9.91. The zero-order valence-electron chi connectivity index (χ0n) is 62.3. The summed E-state index contributed by atoms with van der Waals surface area (Å²) in [6, 6.07) is 0. The molecule has 0 aliphatic rings. The fraction of sp³-hybridized carbons (Fsp3) is 0.947. The van der Waals surface area contributed by atoms with Crippen LogP contribution < -0.4 is 0 Å². The van der Waals surface area contributed by atoms with E-state index in [4.69, 9.17) is 37.0 Å². The largest absolute Gasteiger partial charge is 0.472 e. The van der Waals surface area contributed by atoms with Crippen molar-refractivity contribution in [3.63, 3.8) is 0 Å². The van der Waals surface area contributed by atoms with Crippen LogP contribution in [0.3, 0.4) is 0 Å². The summed E-state index contributed by atoms with van der Waals surface area (Å²) in [4.78, 5) is 72.7. The minimum atomic E-state index is -4.96. The monoisotopic (exact) mass is 1400 g/mol. The number of ether oxygens (including phenoxy) is 4. The molecule has 0 aliphatic carbocycles. The van der Waals surface area contributed by atoms with Crippen LogP contribution in [0, 0.1) is 23.7 Å². The highest BCUT2D eigenvalue weighted by Crippen LogP contribution is 2.45. The maximum atomic E-state index is 13.1. The van der Waals surface area contributed by atoms with Crippen LogP contribution in [0.15, 0.2) is 0 Å². The molecule has 3 N–H and O–H groups in total. The lowest BCUT2D eigenvalue weighted by Gasteiger charge is -2.21. The molecule has 0 fully saturated rings. The van der Waals surface area contributed by atoms with Gasteiger partial charge in [-0.3, -0.25) is 37.3 Å². The standard InChI is InChI=1S/C76H148O17P2/c1-9-67(6)53-45-37-28-24-20-18-16-14-12-13-15-17-19-21-26-30-40-48-56-73(78)86-62-71(92-75(80)58-50-42-31-27-23-22-25-29-38-46-54-68(7)10-2)64-90-94(82,83)88-60-70(77)61-89-95(84,85)91-65-72(93-76(81)59-51-43-34-32-36-44-52-66(4)5)63-87-74(79)57-49-41-35-33-39-47-55-69(8)11-3/h66-72,77H,9-65H2,1-8H3,(H,82,83)(H,84,85)/t67?,68?,69?,70-,71-,72-/m1/s1. The molecular weight excluding hydrogens is 1250 g/mol. The van der Waals surface area contributed by atoms with E-state index in [9.17, 15) is 43.2 Å². The number of rotatable bonds is 73. The van der Waals surface area contributed by atoms with E-state index in [1.54, 1.807) is 0 Å². The van der Waals surface area contributed by atoms with Crippen molar-refractivity contribution in [1.29, 1.82) is 0 Å². The number of hydrogen-bond acceptors (Lipinski definition) is 15. The molecule has 0 aromatic heterocycles. The van der Waals surface area contributed by atoms with Crippen LogP contribution in [0.1, 0.15) is 383 Å². The van der Waals surface area contributed by atoms with Crippen molar-refractivity contribution in [3.8, 4) is 0 Å². The molecule has 17 nitrogen and oxygen atoms in total. The van der Waals surface area contributed by atoms with Crippen molar-refractivity contribution < 1.29 is 80.2 Å². The summed E-state index contributed by atoms with van der Waals surface area (Å²) >= 11 is 0. The Kier molecular flexibility index (Phi) is 64.0. The van der Waals surface area contributed by atoms with Gasteiger partial charge in [-0.1, -0.05) is 331 Å². The van der Waals surface area contributed by atoms with Crippen LogP contribution in [-0.4, -0.2) is 96.7 Å². The van der Waals surface area contributed by atoms with E-state index in [2.05, 4.69) is 55.4 Å². The third kappa shape index (κ3) is 66.4. The van der Waals surface area contributed by atoms with Gasteiger partial charge in [0.25, 0.3) is 0 Å². The zero-order chi connectivity index (χ0) is 70.3. The topological polar surface area (TPSA) is 237 Å². The molecule has 0 aromatic carbocycles. The van der Waals surface area contributed by atoms with Gasteiger partial charge in [-0.2, -0.15) is 0 Å². The second kappa shape index (κ2) is 65.4. The number of carbonyl (C=O) groups excluding carboxylic acids is 4. The Morgan fingerprint density at radius 1 is 0.295 bits per heavy atom. The summed E-state index contributed by atoms with van der Waals surface area (Å²) in [5.41, 5.74) is 0. The maximum absolute atomic E-state index is 13.1. The molecule has 564 valence electrons. The van der Waals surface area contributed by atoms with Gasteiger partial charge < -0.3 is 33.8 Å². The lowest BCUT2D eigenvalue weighted by atomic mass is 9.99.